The van der Waals surface area contributed by atoms with E-state index in [0.717, 1.165) is 18.1 Å². The molecule has 0 spiro atoms. The van der Waals surface area contributed by atoms with Gasteiger partial charge in [-0.15, -0.1) is 0 Å². The van der Waals surface area contributed by atoms with E-state index in [1.165, 1.54) is 0 Å². The minimum atomic E-state index is -0.137. The molecular formula is C10H13N3O. The monoisotopic (exact) mass is 191 g/mol. The summed E-state index contributed by atoms with van der Waals surface area (Å²) in [6.07, 6.45) is 1.74. The molecule has 0 radical (unpaired) electrons. The molecule has 1 N–H and O–H groups in total. The molecule has 1 aliphatic rings. The Morgan fingerprint density at radius 1 is 1.64 bits per heavy atom. The highest BCUT2D eigenvalue weighted by Crippen LogP contribution is 2.28. The number of hydrogen-bond acceptors (Lipinski definition) is 3. The lowest BCUT2D eigenvalue weighted by Gasteiger charge is -2.33. The number of fused-ring (bicyclic) bond motifs is 1. The van der Waals surface area contributed by atoms with Gasteiger partial charge >= 0.3 is 0 Å². The van der Waals surface area contributed by atoms with Gasteiger partial charge in [0.1, 0.15) is 6.04 Å². The van der Waals surface area contributed by atoms with E-state index < -0.39 is 0 Å². The van der Waals surface area contributed by atoms with Gasteiger partial charge in [0, 0.05) is 12.7 Å². The number of aromatic nitrogens is 1. The number of likely N-dealkylation sites (N-methyl/N-ethyl adjacent to an activating group) is 1. The first-order valence-electron chi connectivity index (χ1n) is 4.76. The van der Waals surface area contributed by atoms with Crippen LogP contribution < -0.4 is 10.2 Å². The molecule has 1 aromatic rings. The Kier molecular flexibility index (Phi) is 2.11. The van der Waals surface area contributed by atoms with Gasteiger partial charge in [-0.05, 0) is 26.0 Å². The predicted molar refractivity (Wildman–Crippen MR) is 55.3 cm³/mol. The summed E-state index contributed by atoms with van der Waals surface area (Å²) in [6.45, 7) is 4.70. The molecule has 0 aliphatic carbocycles. The molecule has 0 fully saturated rings. The van der Waals surface area contributed by atoms with Crippen LogP contribution in [0.5, 0.6) is 0 Å². The SMILES string of the molecule is CCN1c2ncccc2NC(=O)[C@@H]1C. The predicted octanol–water partition coefficient (Wildman–Crippen LogP) is 1.25. The van der Waals surface area contributed by atoms with Crippen LogP contribution >= 0.6 is 0 Å². The van der Waals surface area contributed by atoms with Gasteiger partial charge in [-0.2, -0.15) is 0 Å². The second kappa shape index (κ2) is 3.29. The van der Waals surface area contributed by atoms with E-state index >= 15 is 0 Å². The Labute approximate surface area is 82.9 Å². The molecule has 74 valence electrons. The van der Waals surface area contributed by atoms with Crippen LogP contribution in [-0.4, -0.2) is 23.5 Å². The fourth-order valence-electron chi connectivity index (χ4n) is 1.71. The first kappa shape index (κ1) is 8.99. The Hall–Kier alpha value is -1.58. The number of pyridine rings is 1. The lowest BCUT2D eigenvalue weighted by molar-refractivity contribution is -0.117. The maximum absolute atomic E-state index is 11.5. The van der Waals surface area contributed by atoms with Gasteiger partial charge in [-0.1, -0.05) is 0 Å². The molecule has 0 aromatic carbocycles. The number of carbonyl (C=O) groups is 1. The first-order chi connectivity index (χ1) is 6.74. The van der Waals surface area contributed by atoms with Crippen LogP contribution in [0.2, 0.25) is 0 Å². The molecule has 0 unspecified atom stereocenters. The Bertz CT molecular complexity index is 364. The van der Waals surface area contributed by atoms with E-state index in [4.69, 9.17) is 0 Å². The number of rotatable bonds is 1. The number of nitrogens with zero attached hydrogens (tertiary/aromatic N) is 2. The third-order valence-electron chi connectivity index (χ3n) is 2.50. The van der Waals surface area contributed by atoms with Crippen molar-refractivity contribution in [2.45, 2.75) is 19.9 Å². The molecule has 0 saturated heterocycles. The topological polar surface area (TPSA) is 45.2 Å². The van der Waals surface area contributed by atoms with Gasteiger partial charge in [-0.25, -0.2) is 4.98 Å². The minimum Gasteiger partial charge on any atom is -0.343 e. The number of amides is 1. The van der Waals surface area contributed by atoms with Crippen molar-refractivity contribution in [2.24, 2.45) is 0 Å². The number of hydrogen-bond donors (Lipinski definition) is 1. The molecule has 1 atom stereocenters. The average molecular weight is 191 g/mol. The van der Waals surface area contributed by atoms with Crippen molar-refractivity contribution in [1.29, 1.82) is 0 Å². The van der Waals surface area contributed by atoms with Crippen LogP contribution in [0, 0.1) is 0 Å². The van der Waals surface area contributed by atoms with Gasteiger partial charge < -0.3 is 10.2 Å². The van der Waals surface area contributed by atoms with Crippen LogP contribution in [0.4, 0.5) is 11.5 Å². The molecular weight excluding hydrogens is 178 g/mol. The molecule has 2 rings (SSSR count). The molecule has 14 heavy (non-hydrogen) atoms. The van der Waals surface area contributed by atoms with Crippen molar-refractivity contribution in [1.82, 2.24) is 4.98 Å². The largest absolute Gasteiger partial charge is 0.343 e. The van der Waals surface area contributed by atoms with Crippen LogP contribution in [0.3, 0.4) is 0 Å². The molecule has 4 nitrogen and oxygen atoms in total. The normalized spacial score (nSPS) is 20.3. The molecule has 1 aromatic heterocycles. The summed E-state index contributed by atoms with van der Waals surface area (Å²) < 4.78 is 0. The maximum atomic E-state index is 11.5. The van der Waals surface area contributed by atoms with Crippen molar-refractivity contribution >= 4 is 17.4 Å². The van der Waals surface area contributed by atoms with Gasteiger partial charge in [0.2, 0.25) is 5.91 Å². The highest BCUT2D eigenvalue weighted by Gasteiger charge is 2.28. The van der Waals surface area contributed by atoms with Crippen molar-refractivity contribution < 1.29 is 4.79 Å². The highest BCUT2D eigenvalue weighted by atomic mass is 16.2. The second-order valence-electron chi connectivity index (χ2n) is 3.33. The van der Waals surface area contributed by atoms with E-state index in [-0.39, 0.29) is 11.9 Å². The Morgan fingerprint density at radius 3 is 3.14 bits per heavy atom. The highest BCUT2D eigenvalue weighted by molar-refractivity contribution is 6.02. The molecule has 0 bridgehead atoms. The van der Waals surface area contributed by atoms with Crippen molar-refractivity contribution in [3.8, 4) is 0 Å². The zero-order valence-corrected chi connectivity index (χ0v) is 8.32. The van der Waals surface area contributed by atoms with E-state index in [9.17, 15) is 4.79 Å². The minimum absolute atomic E-state index is 0.0346. The molecule has 2 heterocycles. The molecule has 0 saturated carbocycles. The maximum Gasteiger partial charge on any atom is 0.246 e. The third-order valence-corrected chi connectivity index (χ3v) is 2.50. The first-order valence-corrected chi connectivity index (χ1v) is 4.76. The van der Waals surface area contributed by atoms with E-state index in [1.54, 1.807) is 6.20 Å². The zero-order valence-electron chi connectivity index (χ0n) is 8.32. The number of anilines is 2. The van der Waals surface area contributed by atoms with Gasteiger partial charge in [0.25, 0.3) is 0 Å². The third kappa shape index (κ3) is 1.23. The van der Waals surface area contributed by atoms with Crippen LogP contribution in [0.15, 0.2) is 18.3 Å². The fraction of sp³-hybridized carbons (Fsp3) is 0.400. The number of carbonyl (C=O) groups excluding carboxylic acids is 1. The van der Waals surface area contributed by atoms with E-state index in [2.05, 4.69) is 10.3 Å². The Balaban J connectivity index is 2.47. The summed E-state index contributed by atoms with van der Waals surface area (Å²) in [5, 5.41) is 2.83. The summed E-state index contributed by atoms with van der Waals surface area (Å²) in [5.41, 5.74) is 0.803. The molecule has 1 amide bonds. The summed E-state index contributed by atoms with van der Waals surface area (Å²) in [6, 6.07) is 3.56. The number of nitrogens with one attached hydrogen (secondary N) is 1. The molecule has 1 aliphatic heterocycles. The summed E-state index contributed by atoms with van der Waals surface area (Å²) in [7, 11) is 0. The lowest BCUT2D eigenvalue weighted by atomic mass is 10.2. The van der Waals surface area contributed by atoms with Gasteiger partial charge in [0.15, 0.2) is 5.82 Å². The van der Waals surface area contributed by atoms with Crippen LogP contribution in [-0.2, 0) is 4.79 Å². The standard InChI is InChI=1S/C10H13N3O/c1-3-13-7(2)10(14)12-8-5-4-6-11-9(8)13/h4-7H,3H2,1-2H3,(H,12,14)/t7-/m0/s1. The lowest BCUT2D eigenvalue weighted by Crippen LogP contribution is -2.46. The second-order valence-corrected chi connectivity index (χ2v) is 3.33. The van der Waals surface area contributed by atoms with Crippen molar-refractivity contribution in [3.05, 3.63) is 18.3 Å². The van der Waals surface area contributed by atoms with E-state index in [0.29, 0.717) is 0 Å². The van der Waals surface area contributed by atoms with Gasteiger partial charge in [-0.3, -0.25) is 4.79 Å². The zero-order chi connectivity index (χ0) is 10.1. The summed E-state index contributed by atoms with van der Waals surface area (Å²) in [4.78, 5) is 17.8. The van der Waals surface area contributed by atoms with Gasteiger partial charge in [0.05, 0.1) is 5.69 Å². The Morgan fingerprint density at radius 2 is 2.43 bits per heavy atom. The summed E-state index contributed by atoms with van der Waals surface area (Å²) >= 11 is 0. The molecule has 4 heteroatoms. The van der Waals surface area contributed by atoms with Crippen LogP contribution in [0.1, 0.15) is 13.8 Å². The van der Waals surface area contributed by atoms with Crippen molar-refractivity contribution in [2.75, 3.05) is 16.8 Å². The van der Waals surface area contributed by atoms with Crippen molar-refractivity contribution in [3.63, 3.8) is 0 Å². The van der Waals surface area contributed by atoms with Crippen LogP contribution in [0.25, 0.3) is 0 Å². The smallest absolute Gasteiger partial charge is 0.246 e. The van der Waals surface area contributed by atoms with E-state index in [1.807, 2.05) is 30.9 Å². The fourth-order valence-corrected chi connectivity index (χ4v) is 1.71. The quantitative estimate of drug-likeness (QED) is 0.726. The average Bonchev–Trinajstić information content (AvgIpc) is 2.20. The summed E-state index contributed by atoms with van der Waals surface area (Å²) in [5.74, 6) is 0.898.